The molecule has 2 rings (SSSR count). The number of benzene rings is 1. The van der Waals surface area contributed by atoms with Crippen molar-refractivity contribution in [2.24, 2.45) is 0 Å². The van der Waals surface area contributed by atoms with Gasteiger partial charge in [0.2, 0.25) is 0 Å². The van der Waals surface area contributed by atoms with Crippen molar-refractivity contribution in [2.75, 3.05) is 12.8 Å². The summed E-state index contributed by atoms with van der Waals surface area (Å²) < 4.78 is 1.12. The maximum absolute atomic E-state index is 5.71. The van der Waals surface area contributed by atoms with Gasteiger partial charge in [-0.2, -0.15) is 0 Å². The van der Waals surface area contributed by atoms with E-state index in [0.717, 1.165) is 17.3 Å². The molecule has 0 aliphatic heterocycles. The Kier molecular flexibility index (Phi) is 4.93. The van der Waals surface area contributed by atoms with Crippen molar-refractivity contribution in [3.05, 3.63) is 58.2 Å². The second-order valence-electron chi connectivity index (χ2n) is 4.61. The van der Waals surface area contributed by atoms with Crippen molar-refractivity contribution in [3.8, 4) is 0 Å². The zero-order valence-corrected chi connectivity index (χ0v) is 12.5. The van der Waals surface area contributed by atoms with Crippen molar-refractivity contribution < 1.29 is 0 Å². The highest BCUT2D eigenvalue weighted by atomic mass is 79.9. The van der Waals surface area contributed by atoms with Crippen molar-refractivity contribution in [1.29, 1.82) is 0 Å². The SMILES string of the molecule is CNC(Cc1cccc(Br)c1)Cc1ccnc(N)c1. The van der Waals surface area contributed by atoms with E-state index in [4.69, 9.17) is 5.73 Å². The molecule has 0 bridgehead atoms. The van der Waals surface area contributed by atoms with Crippen LogP contribution in [0.25, 0.3) is 0 Å². The van der Waals surface area contributed by atoms with Crippen LogP contribution in [-0.2, 0) is 12.8 Å². The minimum absolute atomic E-state index is 0.385. The number of halogens is 1. The van der Waals surface area contributed by atoms with Crippen molar-refractivity contribution in [3.63, 3.8) is 0 Å². The van der Waals surface area contributed by atoms with E-state index < -0.39 is 0 Å². The fraction of sp³-hybridized carbons (Fsp3) is 0.267. The van der Waals surface area contributed by atoms with Gasteiger partial charge >= 0.3 is 0 Å². The molecule has 19 heavy (non-hydrogen) atoms. The number of aromatic nitrogens is 1. The van der Waals surface area contributed by atoms with Gasteiger partial charge in [0, 0.05) is 16.7 Å². The maximum Gasteiger partial charge on any atom is 0.123 e. The van der Waals surface area contributed by atoms with Crippen LogP contribution >= 0.6 is 15.9 Å². The number of nitrogens with two attached hydrogens (primary N) is 1. The summed E-state index contributed by atoms with van der Waals surface area (Å²) in [7, 11) is 1.99. The molecule has 1 heterocycles. The average molecular weight is 320 g/mol. The molecule has 1 aromatic heterocycles. The number of nitrogen functional groups attached to an aromatic ring is 1. The Bertz CT molecular complexity index is 495. The minimum atomic E-state index is 0.385. The van der Waals surface area contributed by atoms with Crippen LogP contribution in [0.15, 0.2) is 47.1 Å². The maximum atomic E-state index is 5.71. The zero-order chi connectivity index (χ0) is 13.7. The lowest BCUT2D eigenvalue weighted by molar-refractivity contribution is 0.556. The molecule has 0 aliphatic carbocycles. The summed E-state index contributed by atoms with van der Waals surface area (Å²) in [6, 6.07) is 12.8. The normalized spacial score (nSPS) is 12.3. The molecule has 100 valence electrons. The predicted octanol–water partition coefficient (Wildman–Crippen LogP) is 2.80. The fourth-order valence-electron chi connectivity index (χ4n) is 2.13. The lowest BCUT2D eigenvalue weighted by atomic mass is 10.00. The smallest absolute Gasteiger partial charge is 0.123 e. The van der Waals surface area contributed by atoms with Crippen molar-refractivity contribution in [1.82, 2.24) is 10.3 Å². The van der Waals surface area contributed by atoms with E-state index in [1.165, 1.54) is 11.1 Å². The van der Waals surface area contributed by atoms with Gasteiger partial charge in [0.15, 0.2) is 0 Å². The van der Waals surface area contributed by atoms with Gasteiger partial charge in [-0.3, -0.25) is 0 Å². The van der Waals surface area contributed by atoms with Crippen LogP contribution in [0.4, 0.5) is 5.82 Å². The Hall–Kier alpha value is -1.39. The van der Waals surface area contributed by atoms with Crippen molar-refractivity contribution in [2.45, 2.75) is 18.9 Å². The zero-order valence-electron chi connectivity index (χ0n) is 10.9. The van der Waals surface area contributed by atoms with Gasteiger partial charge < -0.3 is 11.1 Å². The molecule has 0 spiro atoms. The van der Waals surface area contributed by atoms with Gasteiger partial charge in [-0.25, -0.2) is 4.98 Å². The summed E-state index contributed by atoms with van der Waals surface area (Å²) in [5, 5.41) is 3.36. The number of pyridine rings is 1. The second kappa shape index (κ2) is 6.68. The van der Waals surface area contributed by atoms with E-state index in [2.05, 4.69) is 44.4 Å². The molecule has 3 nitrogen and oxygen atoms in total. The summed E-state index contributed by atoms with van der Waals surface area (Å²) in [6.45, 7) is 0. The predicted molar refractivity (Wildman–Crippen MR) is 83.0 cm³/mol. The number of anilines is 1. The third kappa shape index (κ3) is 4.33. The van der Waals surface area contributed by atoms with Crippen LogP contribution in [0.1, 0.15) is 11.1 Å². The van der Waals surface area contributed by atoms with Crippen LogP contribution in [0, 0.1) is 0 Å². The molecule has 0 aliphatic rings. The van der Waals surface area contributed by atoms with Crippen LogP contribution in [0.2, 0.25) is 0 Å². The summed E-state index contributed by atoms with van der Waals surface area (Å²) in [5.41, 5.74) is 8.24. The summed E-state index contributed by atoms with van der Waals surface area (Å²) >= 11 is 3.51. The van der Waals surface area contributed by atoms with E-state index in [1.807, 2.05) is 25.2 Å². The molecule has 4 heteroatoms. The molecular formula is C15H18BrN3. The Morgan fingerprint density at radius 3 is 2.58 bits per heavy atom. The third-order valence-corrected chi connectivity index (χ3v) is 3.60. The molecule has 0 saturated heterocycles. The topological polar surface area (TPSA) is 50.9 Å². The van der Waals surface area contributed by atoms with E-state index in [-0.39, 0.29) is 0 Å². The van der Waals surface area contributed by atoms with Gasteiger partial charge in [0.25, 0.3) is 0 Å². The molecule has 0 radical (unpaired) electrons. The second-order valence-corrected chi connectivity index (χ2v) is 5.53. The van der Waals surface area contributed by atoms with Gasteiger partial charge in [-0.15, -0.1) is 0 Å². The summed E-state index contributed by atoms with van der Waals surface area (Å²) in [4.78, 5) is 4.02. The molecule has 2 aromatic rings. The molecule has 1 atom stereocenters. The Morgan fingerprint density at radius 2 is 1.95 bits per heavy atom. The van der Waals surface area contributed by atoms with Gasteiger partial charge in [0.05, 0.1) is 0 Å². The number of likely N-dealkylation sites (N-methyl/N-ethyl adjacent to an activating group) is 1. The highest BCUT2D eigenvalue weighted by molar-refractivity contribution is 9.10. The number of rotatable bonds is 5. The molecule has 3 N–H and O–H groups in total. The quantitative estimate of drug-likeness (QED) is 0.891. The van der Waals surface area contributed by atoms with Gasteiger partial charge in [0.1, 0.15) is 5.82 Å². The van der Waals surface area contributed by atoms with E-state index in [1.54, 1.807) is 6.20 Å². The van der Waals surface area contributed by atoms with Crippen molar-refractivity contribution >= 4 is 21.7 Å². The Labute approximate surface area is 122 Å². The van der Waals surface area contributed by atoms with E-state index >= 15 is 0 Å². The first-order valence-corrected chi connectivity index (χ1v) is 7.09. The largest absolute Gasteiger partial charge is 0.384 e. The summed E-state index contributed by atoms with van der Waals surface area (Å²) in [5.74, 6) is 0.579. The van der Waals surface area contributed by atoms with Crippen LogP contribution in [-0.4, -0.2) is 18.1 Å². The Morgan fingerprint density at radius 1 is 1.21 bits per heavy atom. The Balaban J connectivity index is 2.04. The highest BCUT2D eigenvalue weighted by Gasteiger charge is 2.09. The highest BCUT2D eigenvalue weighted by Crippen LogP contribution is 2.15. The number of hydrogen-bond donors (Lipinski definition) is 2. The molecule has 0 amide bonds. The monoisotopic (exact) mass is 319 g/mol. The number of nitrogens with one attached hydrogen (secondary N) is 1. The minimum Gasteiger partial charge on any atom is -0.384 e. The molecule has 1 unspecified atom stereocenters. The number of nitrogens with zero attached hydrogens (tertiary/aromatic N) is 1. The molecule has 1 aromatic carbocycles. The first-order valence-electron chi connectivity index (χ1n) is 6.29. The number of hydrogen-bond acceptors (Lipinski definition) is 3. The van der Waals surface area contributed by atoms with Crippen LogP contribution < -0.4 is 11.1 Å². The fourth-order valence-corrected chi connectivity index (χ4v) is 2.58. The first kappa shape index (κ1) is 14.0. The molecule has 0 fully saturated rings. The molecular weight excluding hydrogens is 302 g/mol. The van der Waals surface area contributed by atoms with Crippen LogP contribution in [0.5, 0.6) is 0 Å². The van der Waals surface area contributed by atoms with Gasteiger partial charge in [-0.1, -0.05) is 28.1 Å². The van der Waals surface area contributed by atoms with E-state index in [9.17, 15) is 0 Å². The third-order valence-electron chi connectivity index (χ3n) is 3.11. The lowest BCUT2D eigenvalue weighted by Crippen LogP contribution is -2.29. The standard InChI is InChI=1S/C15H18BrN3/c1-18-14(8-11-3-2-4-13(16)7-11)9-12-5-6-19-15(17)10-12/h2-7,10,14,18H,8-9H2,1H3,(H2,17,19). The summed E-state index contributed by atoms with van der Waals surface area (Å²) in [6.07, 6.45) is 3.68. The molecule has 0 saturated carbocycles. The van der Waals surface area contributed by atoms with Gasteiger partial charge in [-0.05, 0) is 55.3 Å². The van der Waals surface area contributed by atoms with Crippen LogP contribution in [0.3, 0.4) is 0 Å². The van der Waals surface area contributed by atoms with E-state index in [0.29, 0.717) is 11.9 Å². The average Bonchev–Trinajstić information content (AvgIpc) is 2.38. The lowest BCUT2D eigenvalue weighted by Gasteiger charge is -2.16. The first-order chi connectivity index (χ1) is 9.17.